The van der Waals surface area contributed by atoms with Crippen molar-refractivity contribution in [2.45, 2.75) is 32.2 Å². The zero-order chi connectivity index (χ0) is 14.0. The zero-order valence-corrected chi connectivity index (χ0v) is 13.3. The van der Waals surface area contributed by atoms with E-state index in [2.05, 4.69) is 0 Å². The summed E-state index contributed by atoms with van der Waals surface area (Å²) in [5, 5.41) is -0.351. The maximum atomic E-state index is 11.4. The average Bonchev–Trinajstić information content (AvgIpc) is 2.40. The summed E-state index contributed by atoms with van der Waals surface area (Å²) < 4.78 is 15.8. The van der Waals surface area contributed by atoms with Crippen LogP contribution in [0.2, 0.25) is 6.04 Å². The van der Waals surface area contributed by atoms with Crippen LogP contribution in [0.5, 0.6) is 0 Å². The summed E-state index contributed by atoms with van der Waals surface area (Å²) in [6, 6.07) is 0.638. The summed E-state index contributed by atoms with van der Waals surface area (Å²) in [5.41, 5.74) is 0. The Hall–Kier alpha value is -0.213. The Morgan fingerprint density at radius 1 is 1.11 bits per heavy atom. The lowest BCUT2D eigenvalue weighted by molar-refractivity contribution is -0.131. The molecular weight excluding hydrogens is 272 g/mol. The van der Waals surface area contributed by atoms with Crippen LogP contribution in [0.15, 0.2) is 0 Å². The first-order chi connectivity index (χ1) is 8.55. The fourth-order valence-electron chi connectivity index (χ4n) is 1.42. The Morgan fingerprint density at radius 3 is 2.11 bits per heavy atom. The molecule has 0 rings (SSSR count). The molecule has 0 aliphatic heterocycles. The van der Waals surface area contributed by atoms with Gasteiger partial charge in [0, 0.05) is 39.5 Å². The Morgan fingerprint density at radius 2 is 1.67 bits per heavy atom. The Bertz CT molecular complexity index is 260. The predicted octanol–water partition coefficient (Wildman–Crippen LogP) is 1.88. The molecule has 0 aromatic heterocycles. The Kier molecular flexibility index (Phi) is 9.57. The van der Waals surface area contributed by atoms with Crippen LogP contribution >= 0.6 is 11.8 Å². The molecule has 0 aliphatic carbocycles. The number of hydrogen-bond acceptors (Lipinski definition) is 6. The minimum Gasteiger partial charge on any atom is -0.377 e. The molecule has 0 heterocycles. The fourth-order valence-corrected chi connectivity index (χ4v) is 4.13. The summed E-state index contributed by atoms with van der Waals surface area (Å²) in [4.78, 5) is 22.7. The second-order valence-corrected chi connectivity index (χ2v) is 7.87. The molecule has 18 heavy (non-hydrogen) atoms. The molecule has 0 atom stereocenters. The molecule has 0 amide bonds. The molecule has 0 aromatic carbocycles. The Balaban J connectivity index is 3.92. The first kappa shape index (κ1) is 17.8. The van der Waals surface area contributed by atoms with Crippen molar-refractivity contribution in [3.63, 3.8) is 0 Å². The summed E-state index contributed by atoms with van der Waals surface area (Å²) in [7, 11) is 2.13. The number of ketones is 1. The van der Waals surface area contributed by atoms with E-state index in [1.54, 1.807) is 21.3 Å². The smallest absolute Gasteiger partial charge is 0.377 e. The Labute approximate surface area is 114 Å². The highest BCUT2D eigenvalue weighted by molar-refractivity contribution is 8.15. The van der Waals surface area contributed by atoms with E-state index < -0.39 is 8.80 Å². The van der Waals surface area contributed by atoms with Crippen molar-refractivity contribution in [2.24, 2.45) is 0 Å². The van der Waals surface area contributed by atoms with Gasteiger partial charge < -0.3 is 13.3 Å². The van der Waals surface area contributed by atoms with Crippen molar-refractivity contribution in [1.82, 2.24) is 0 Å². The third kappa shape index (κ3) is 6.10. The van der Waals surface area contributed by atoms with Crippen molar-refractivity contribution >= 4 is 31.5 Å². The highest BCUT2D eigenvalue weighted by atomic mass is 32.2. The first-order valence-electron chi connectivity index (χ1n) is 5.90. The monoisotopic (exact) mass is 294 g/mol. The summed E-state index contributed by atoms with van der Waals surface area (Å²) in [6.07, 6.45) is 1.76. The van der Waals surface area contributed by atoms with Crippen molar-refractivity contribution < 1.29 is 22.9 Å². The van der Waals surface area contributed by atoms with E-state index >= 15 is 0 Å². The van der Waals surface area contributed by atoms with Crippen LogP contribution in [0.4, 0.5) is 0 Å². The molecule has 0 aromatic rings. The fraction of sp³-hybridized carbons (Fsp3) is 0.818. The van der Waals surface area contributed by atoms with E-state index in [9.17, 15) is 9.59 Å². The van der Waals surface area contributed by atoms with Gasteiger partial charge in [0.05, 0.1) is 0 Å². The van der Waals surface area contributed by atoms with Gasteiger partial charge in [0.1, 0.15) is 0 Å². The lowest BCUT2D eigenvalue weighted by Gasteiger charge is -2.23. The van der Waals surface area contributed by atoms with Crippen LogP contribution in [0.3, 0.4) is 0 Å². The van der Waals surface area contributed by atoms with E-state index in [1.165, 1.54) is 0 Å². The summed E-state index contributed by atoms with van der Waals surface area (Å²) >= 11 is 1.06. The molecule has 7 heteroatoms. The highest BCUT2D eigenvalue weighted by Crippen LogP contribution is 2.18. The van der Waals surface area contributed by atoms with E-state index in [1.807, 2.05) is 6.92 Å². The summed E-state index contributed by atoms with van der Waals surface area (Å²) in [6.45, 7) is 1.88. The van der Waals surface area contributed by atoms with Gasteiger partial charge in [-0.2, -0.15) is 0 Å². The van der Waals surface area contributed by atoms with Gasteiger partial charge >= 0.3 is 8.80 Å². The number of hydrogen-bond donors (Lipinski definition) is 0. The highest BCUT2D eigenvalue weighted by Gasteiger charge is 2.36. The van der Waals surface area contributed by atoms with Gasteiger partial charge in [-0.05, 0) is 12.8 Å². The van der Waals surface area contributed by atoms with Gasteiger partial charge in [0.15, 0.2) is 0 Å². The predicted molar refractivity (Wildman–Crippen MR) is 73.6 cm³/mol. The number of carbonyl (C=O) groups excluding carboxylic acids is 2. The number of carbonyl (C=O) groups is 2. The normalized spacial score (nSPS) is 11.6. The molecule has 0 aliphatic rings. The molecule has 0 N–H and O–H groups in total. The third-order valence-electron chi connectivity index (χ3n) is 2.50. The van der Waals surface area contributed by atoms with Gasteiger partial charge in [-0.15, -0.1) is 0 Å². The van der Waals surface area contributed by atoms with Gasteiger partial charge in [-0.1, -0.05) is 18.7 Å². The van der Waals surface area contributed by atoms with Crippen molar-refractivity contribution in [2.75, 3.05) is 27.1 Å². The molecule has 0 saturated heterocycles. The minimum absolute atomic E-state index is 0.295. The number of thioether (sulfide) groups is 1. The molecule has 106 valence electrons. The number of Topliss-reactive ketones (excluding diaryl/α,β-unsaturated/α-hetero) is 1. The SMILES string of the molecule is CCCC(=O)C(=O)SCCC[Si](OC)(OC)OC. The van der Waals surface area contributed by atoms with Gasteiger partial charge in [0.2, 0.25) is 5.78 Å². The molecule has 0 fully saturated rings. The number of rotatable bonds is 10. The molecule has 0 spiro atoms. The van der Waals surface area contributed by atoms with Crippen LogP contribution in [0, 0.1) is 0 Å². The molecule has 0 unspecified atom stereocenters. The van der Waals surface area contributed by atoms with E-state index in [4.69, 9.17) is 13.3 Å². The van der Waals surface area contributed by atoms with Crippen molar-refractivity contribution in [1.29, 1.82) is 0 Å². The van der Waals surface area contributed by atoms with Gasteiger partial charge in [-0.3, -0.25) is 9.59 Å². The van der Waals surface area contributed by atoms with E-state index in [0.717, 1.165) is 18.2 Å². The quantitative estimate of drug-likeness (QED) is 0.348. The molecule has 0 saturated carbocycles. The van der Waals surface area contributed by atoms with Crippen molar-refractivity contribution in [3.05, 3.63) is 0 Å². The van der Waals surface area contributed by atoms with Gasteiger partial charge in [0.25, 0.3) is 5.12 Å². The second-order valence-electron chi connectivity index (χ2n) is 3.71. The second kappa shape index (κ2) is 9.68. The lowest BCUT2D eigenvalue weighted by Crippen LogP contribution is -2.42. The largest absolute Gasteiger partial charge is 0.500 e. The maximum Gasteiger partial charge on any atom is 0.500 e. The van der Waals surface area contributed by atoms with Crippen LogP contribution < -0.4 is 0 Å². The van der Waals surface area contributed by atoms with Crippen LogP contribution in [0.1, 0.15) is 26.2 Å². The van der Waals surface area contributed by atoms with Crippen LogP contribution in [-0.4, -0.2) is 46.8 Å². The van der Waals surface area contributed by atoms with Crippen molar-refractivity contribution in [3.8, 4) is 0 Å². The maximum absolute atomic E-state index is 11.4. The van der Waals surface area contributed by atoms with Crippen LogP contribution in [0.25, 0.3) is 0 Å². The van der Waals surface area contributed by atoms with Gasteiger partial charge in [-0.25, -0.2) is 0 Å². The molecule has 0 bridgehead atoms. The molecular formula is C11H22O5SSi. The average molecular weight is 294 g/mol. The third-order valence-corrected chi connectivity index (χ3v) is 6.31. The topological polar surface area (TPSA) is 61.8 Å². The minimum atomic E-state index is -2.54. The van der Waals surface area contributed by atoms with E-state index in [0.29, 0.717) is 24.6 Å². The summed E-state index contributed by atoms with van der Waals surface area (Å²) in [5.74, 6) is 0.287. The molecule has 5 nitrogen and oxygen atoms in total. The van der Waals surface area contributed by atoms with E-state index in [-0.39, 0.29) is 10.9 Å². The zero-order valence-electron chi connectivity index (χ0n) is 11.5. The lowest BCUT2D eigenvalue weighted by atomic mass is 10.2. The molecule has 0 radical (unpaired) electrons. The first-order valence-corrected chi connectivity index (χ1v) is 8.82. The standard InChI is InChI=1S/C11H22O5SSi/c1-5-7-10(12)11(13)17-8-6-9-18(14-2,15-3)16-4/h5-9H2,1-4H3. The van der Waals surface area contributed by atoms with Crippen LogP contribution in [-0.2, 0) is 22.9 Å².